The van der Waals surface area contributed by atoms with Gasteiger partial charge in [0.2, 0.25) is 0 Å². The first kappa shape index (κ1) is 28.3. The van der Waals surface area contributed by atoms with Crippen LogP contribution in [0.4, 0.5) is 0 Å². The number of rotatable bonds is 11. The number of fused-ring (bicyclic) bond motifs is 4. The van der Waals surface area contributed by atoms with Crippen LogP contribution in [0.1, 0.15) is 105 Å². The topological polar surface area (TPSA) is 76.5 Å². The fourth-order valence-electron chi connectivity index (χ4n) is 11.1. The predicted octanol–water partition coefficient (Wildman–Crippen LogP) is 5.26. The maximum Gasteiger partial charge on any atom is 0.112 e. The summed E-state index contributed by atoms with van der Waals surface area (Å²) in [5.74, 6) is 4.60. The molecule has 0 aromatic heterocycles. The van der Waals surface area contributed by atoms with E-state index in [9.17, 15) is 15.3 Å². The molecule has 1 saturated heterocycles. The zero-order valence-electron chi connectivity index (χ0n) is 24.6. The summed E-state index contributed by atoms with van der Waals surface area (Å²) in [5.41, 5.74) is 0.0716. The Hall–Kier alpha value is -0.200. The van der Waals surface area contributed by atoms with Crippen LogP contribution in [-0.2, 0) is 4.74 Å². The van der Waals surface area contributed by atoms with Crippen molar-refractivity contribution in [2.45, 2.75) is 123 Å². The van der Waals surface area contributed by atoms with Gasteiger partial charge in [0.05, 0.1) is 19.3 Å². The fraction of sp³-hybridized carbons (Fsp3) is 1.00. The molecule has 4 saturated carbocycles. The molecule has 214 valence electrons. The Balaban J connectivity index is 1.41. The largest absolute Gasteiger partial charge is 0.395 e. The van der Waals surface area contributed by atoms with E-state index in [-0.39, 0.29) is 35.9 Å². The molecule has 5 nitrogen and oxygen atoms in total. The zero-order valence-corrected chi connectivity index (χ0v) is 24.6. The lowest BCUT2D eigenvalue weighted by Crippen LogP contribution is -2.63. The molecule has 5 rings (SSSR count). The smallest absolute Gasteiger partial charge is 0.112 e. The van der Waals surface area contributed by atoms with Gasteiger partial charge in [0.15, 0.2) is 0 Å². The minimum Gasteiger partial charge on any atom is -0.395 e. The molecule has 5 heteroatoms. The Morgan fingerprint density at radius 2 is 1.62 bits per heavy atom. The third-order valence-electron chi connectivity index (χ3n) is 12.8. The molecule has 0 aromatic rings. The van der Waals surface area contributed by atoms with E-state index in [1.807, 2.05) is 0 Å². The number of aliphatic hydroxyl groups is 3. The molecule has 3 N–H and O–H groups in total. The second-order valence-corrected chi connectivity index (χ2v) is 15.1. The standard InChI is InChI=1S/C32H57NO4/c1-22(2)7-6-8-23(3)26-9-10-27-25-20-31(21-33(15-17-34)16-18-35)32(37-31)19-24(36)11-14-30(32,5)28(25)12-13-29(26,27)4/h22-28,34-36H,6-21H2,1-5H3/t23-,24+,25+,26-,27+,28+,29-,30-,31-,32+/m1/s1. The molecule has 10 atom stereocenters. The molecule has 37 heavy (non-hydrogen) atoms. The maximum absolute atomic E-state index is 10.8. The van der Waals surface area contributed by atoms with Crippen molar-refractivity contribution >= 4 is 0 Å². The van der Waals surface area contributed by atoms with Gasteiger partial charge in [-0.2, -0.15) is 0 Å². The number of epoxide rings is 1. The van der Waals surface area contributed by atoms with Crippen molar-refractivity contribution in [3.63, 3.8) is 0 Å². The molecular weight excluding hydrogens is 462 g/mol. The molecule has 5 fully saturated rings. The first-order chi connectivity index (χ1) is 17.6. The molecular formula is C32H57NO4. The van der Waals surface area contributed by atoms with Crippen molar-refractivity contribution in [1.82, 2.24) is 4.90 Å². The van der Waals surface area contributed by atoms with Crippen LogP contribution in [0.3, 0.4) is 0 Å². The number of ether oxygens (including phenoxy) is 1. The minimum atomic E-state index is -0.271. The summed E-state index contributed by atoms with van der Waals surface area (Å²) in [6.45, 7) is 14.6. The second-order valence-electron chi connectivity index (χ2n) is 15.1. The van der Waals surface area contributed by atoms with Crippen LogP contribution < -0.4 is 0 Å². The molecule has 1 aliphatic heterocycles. The highest BCUT2D eigenvalue weighted by atomic mass is 16.6. The molecule has 0 bridgehead atoms. The SMILES string of the molecule is CC(C)CCC[C@@H](C)[C@H]1CC[C@H]2[C@@H]3C[C@]4(CN(CCO)CCO)O[C@]45C[C@@H](O)CC[C@]5(C)[C@H]3CC[C@]12C. The van der Waals surface area contributed by atoms with Crippen LogP contribution in [0, 0.1) is 46.3 Å². The minimum absolute atomic E-state index is 0.103. The van der Waals surface area contributed by atoms with E-state index in [1.165, 1.54) is 44.9 Å². The molecule has 0 unspecified atom stereocenters. The van der Waals surface area contributed by atoms with Gasteiger partial charge in [0, 0.05) is 31.5 Å². The van der Waals surface area contributed by atoms with E-state index in [1.54, 1.807) is 0 Å². The van der Waals surface area contributed by atoms with Gasteiger partial charge in [-0.15, -0.1) is 0 Å². The van der Waals surface area contributed by atoms with E-state index in [2.05, 4.69) is 39.5 Å². The summed E-state index contributed by atoms with van der Waals surface area (Å²) in [6.07, 6.45) is 13.1. The van der Waals surface area contributed by atoms with Gasteiger partial charge in [-0.1, -0.05) is 53.9 Å². The van der Waals surface area contributed by atoms with E-state index >= 15 is 0 Å². The van der Waals surface area contributed by atoms with E-state index in [0.717, 1.165) is 55.9 Å². The summed E-state index contributed by atoms with van der Waals surface area (Å²) < 4.78 is 7.01. The fourth-order valence-corrected chi connectivity index (χ4v) is 11.1. The van der Waals surface area contributed by atoms with Crippen LogP contribution in [0.2, 0.25) is 0 Å². The second kappa shape index (κ2) is 10.3. The Labute approximate surface area is 226 Å². The molecule has 0 amide bonds. The molecule has 0 radical (unpaired) electrons. The van der Waals surface area contributed by atoms with Crippen molar-refractivity contribution in [1.29, 1.82) is 0 Å². The van der Waals surface area contributed by atoms with Crippen molar-refractivity contribution in [3.8, 4) is 0 Å². The Kier molecular flexibility index (Phi) is 7.91. The number of nitrogens with zero attached hydrogens (tertiary/aromatic N) is 1. The third kappa shape index (κ3) is 4.46. The van der Waals surface area contributed by atoms with Gasteiger partial charge in [-0.25, -0.2) is 0 Å². The predicted molar refractivity (Wildman–Crippen MR) is 148 cm³/mol. The highest BCUT2D eigenvalue weighted by molar-refractivity contribution is 5.31. The Morgan fingerprint density at radius 1 is 0.892 bits per heavy atom. The molecule has 5 aliphatic rings. The van der Waals surface area contributed by atoms with Crippen LogP contribution in [0.15, 0.2) is 0 Å². The van der Waals surface area contributed by atoms with Gasteiger partial charge in [0.25, 0.3) is 0 Å². The monoisotopic (exact) mass is 519 g/mol. The third-order valence-corrected chi connectivity index (χ3v) is 12.8. The van der Waals surface area contributed by atoms with Crippen molar-refractivity contribution in [2.75, 3.05) is 32.8 Å². The van der Waals surface area contributed by atoms with Crippen LogP contribution >= 0.6 is 0 Å². The summed E-state index contributed by atoms with van der Waals surface area (Å²) in [7, 11) is 0. The van der Waals surface area contributed by atoms with Crippen LogP contribution in [-0.4, -0.2) is 70.4 Å². The van der Waals surface area contributed by atoms with Gasteiger partial charge < -0.3 is 20.1 Å². The summed E-state index contributed by atoms with van der Waals surface area (Å²) in [6, 6.07) is 0. The normalized spacial score (nSPS) is 47.4. The average molecular weight is 520 g/mol. The Morgan fingerprint density at radius 3 is 2.30 bits per heavy atom. The number of hydrogen-bond acceptors (Lipinski definition) is 5. The maximum atomic E-state index is 10.8. The summed E-state index contributed by atoms with van der Waals surface area (Å²) >= 11 is 0. The number of aliphatic hydroxyl groups excluding tert-OH is 3. The van der Waals surface area contributed by atoms with E-state index in [0.29, 0.717) is 30.3 Å². The quantitative estimate of drug-likeness (QED) is 0.325. The van der Waals surface area contributed by atoms with Crippen molar-refractivity contribution < 1.29 is 20.1 Å². The van der Waals surface area contributed by atoms with Crippen LogP contribution in [0.5, 0.6) is 0 Å². The average Bonchev–Trinajstić information content (AvgIpc) is 3.29. The van der Waals surface area contributed by atoms with E-state index < -0.39 is 0 Å². The number of hydrogen-bond donors (Lipinski definition) is 3. The highest BCUT2D eigenvalue weighted by Gasteiger charge is 2.83. The van der Waals surface area contributed by atoms with Gasteiger partial charge in [0.1, 0.15) is 11.2 Å². The lowest BCUT2D eigenvalue weighted by Gasteiger charge is -2.61. The van der Waals surface area contributed by atoms with E-state index in [4.69, 9.17) is 4.74 Å². The summed E-state index contributed by atoms with van der Waals surface area (Å²) in [4.78, 5) is 2.22. The van der Waals surface area contributed by atoms with Gasteiger partial charge in [-0.3, -0.25) is 4.90 Å². The van der Waals surface area contributed by atoms with Gasteiger partial charge >= 0.3 is 0 Å². The summed E-state index contributed by atoms with van der Waals surface area (Å²) in [5, 5.41) is 30.3. The molecule has 1 spiro atoms. The lowest BCUT2D eigenvalue weighted by atomic mass is 9.42. The molecule has 4 aliphatic carbocycles. The Bertz CT molecular complexity index is 800. The van der Waals surface area contributed by atoms with Crippen LogP contribution in [0.25, 0.3) is 0 Å². The zero-order chi connectivity index (χ0) is 26.6. The first-order valence-electron chi connectivity index (χ1n) is 15.9. The van der Waals surface area contributed by atoms with Crippen molar-refractivity contribution in [2.24, 2.45) is 46.3 Å². The van der Waals surface area contributed by atoms with Gasteiger partial charge in [-0.05, 0) is 85.9 Å². The highest BCUT2D eigenvalue weighted by Crippen LogP contribution is 2.78. The van der Waals surface area contributed by atoms with Crippen molar-refractivity contribution in [3.05, 3.63) is 0 Å². The lowest BCUT2D eigenvalue weighted by molar-refractivity contribution is -0.124. The molecule has 0 aromatic carbocycles. The molecule has 1 heterocycles. The first-order valence-corrected chi connectivity index (χ1v) is 15.9.